The first-order valence-electron chi connectivity index (χ1n) is 5.72. The Balaban J connectivity index is 2.18. The van der Waals surface area contributed by atoms with Gasteiger partial charge in [0.15, 0.2) is 0 Å². The third-order valence-electron chi connectivity index (χ3n) is 3.37. The Bertz CT molecular complexity index is 161. The van der Waals surface area contributed by atoms with Gasteiger partial charge >= 0.3 is 0 Å². The first-order valence-corrected chi connectivity index (χ1v) is 5.72. The van der Waals surface area contributed by atoms with Crippen molar-refractivity contribution in [3.05, 3.63) is 0 Å². The Morgan fingerprint density at radius 1 is 1.57 bits per heavy atom. The molecule has 1 rings (SSSR count). The van der Waals surface area contributed by atoms with E-state index in [2.05, 4.69) is 30.8 Å². The number of likely N-dealkylation sites (N-methyl/N-ethyl adjacent to an activating group) is 2. The summed E-state index contributed by atoms with van der Waals surface area (Å²) >= 11 is 0. The molecular formula is C11H25N3. The summed E-state index contributed by atoms with van der Waals surface area (Å²) in [5, 5.41) is 0. The maximum Gasteiger partial charge on any atom is 0.0232 e. The van der Waals surface area contributed by atoms with E-state index in [0.29, 0.717) is 5.92 Å². The summed E-state index contributed by atoms with van der Waals surface area (Å²) in [6, 6.07) is 0.768. The van der Waals surface area contributed by atoms with Crippen LogP contribution in [0.3, 0.4) is 0 Å². The summed E-state index contributed by atoms with van der Waals surface area (Å²) in [5.74, 6) is 0.664. The van der Waals surface area contributed by atoms with Gasteiger partial charge in [-0.25, -0.2) is 0 Å². The fraction of sp³-hybridized carbons (Fsp3) is 1.00. The summed E-state index contributed by atoms with van der Waals surface area (Å²) in [5.41, 5.74) is 5.61. The van der Waals surface area contributed by atoms with E-state index in [-0.39, 0.29) is 0 Å². The molecule has 1 aliphatic rings. The van der Waals surface area contributed by atoms with Crippen molar-refractivity contribution in [2.45, 2.75) is 25.8 Å². The highest BCUT2D eigenvalue weighted by molar-refractivity contribution is 4.80. The van der Waals surface area contributed by atoms with Gasteiger partial charge in [-0.1, -0.05) is 6.92 Å². The standard InChI is InChI=1S/C11H25N3/c1-10(8-12)4-7-14(3)11-5-6-13(2)9-11/h10-11H,4-9,12H2,1-3H3. The zero-order valence-corrected chi connectivity index (χ0v) is 9.87. The molecule has 1 saturated heterocycles. The number of nitrogens with two attached hydrogens (primary N) is 1. The molecular weight excluding hydrogens is 174 g/mol. The molecule has 0 aromatic rings. The molecule has 0 aromatic heterocycles. The summed E-state index contributed by atoms with van der Waals surface area (Å²) in [4.78, 5) is 4.91. The third-order valence-corrected chi connectivity index (χ3v) is 3.37. The molecule has 0 saturated carbocycles. The lowest BCUT2D eigenvalue weighted by Gasteiger charge is -2.25. The zero-order valence-electron chi connectivity index (χ0n) is 9.87. The average molecular weight is 199 g/mol. The van der Waals surface area contributed by atoms with Gasteiger partial charge in [-0.3, -0.25) is 0 Å². The number of likely N-dealkylation sites (tertiary alicyclic amines) is 1. The Labute approximate surface area is 88.2 Å². The fourth-order valence-corrected chi connectivity index (χ4v) is 2.00. The topological polar surface area (TPSA) is 32.5 Å². The molecule has 0 bridgehead atoms. The SMILES string of the molecule is CC(CN)CCN(C)C1CCN(C)C1. The number of nitrogens with zero attached hydrogens (tertiary/aromatic N) is 2. The molecule has 0 amide bonds. The van der Waals surface area contributed by atoms with Crippen molar-refractivity contribution in [2.75, 3.05) is 40.3 Å². The molecule has 1 fully saturated rings. The maximum atomic E-state index is 5.61. The van der Waals surface area contributed by atoms with Crippen LogP contribution in [-0.2, 0) is 0 Å². The minimum absolute atomic E-state index is 0.664. The van der Waals surface area contributed by atoms with Gasteiger partial charge in [0.1, 0.15) is 0 Å². The van der Waals surface area contributed by atoms with Gasteiger partial charge < -0.3 is 15.5 Å². The molecule has 0 aliphatic carbocycles. The predicted octanol–water partition coefficient (Wildman–Crippen LogP) is 0.607. The van der Waals surface area contributed by atoms with Crippen molar-refractivity contribution >= 4 is 0 Å². The molecule has 2 atom stereocenters. The molecule has 1 heterocycles. The second-order valence-electron chi connectivity index (χ2n) is 4.81. The highest BCUT2D eigenvalue weighted by Gasteiger charge is 2.22. The van der Waals surface area contributed by atoms with E-state index in [1.54, 1.807) is 0 Å². The van der Waals surface area contributed by atoms with E-state index in [0.717, 1.165) is 12.6 Å². The first kappa shape index (κ1) is 12.0. The first-order chi connectivity index (χ1) is 6.63. The van der Waals surface area contributed by atoms with E-state index < -0.39 is 0 Å². The second kappa shape index (κ2) is 5.69. The maximum absolute atomic E-state index is 5.61. The van der Waals surface area contributed by atoms with E-state index >= 15 is 0 Å². The van der Waals surface area contributed by atoms with E-state index in [4.69, 9.17) is 5.73 Å². The van der Waals surface area contributed by atoms with Crippen LogP contribution < -0.4 is 5.73 Å². The number of hydrogen-bond acceptors (Lipinski definition) is 3. The van der Waals surface area contributed by atoms with Gasteiger partial charge in [0.25, 0.3) is 0 Å². The van der Waals surface area contributed by atoms with Crippen LogP contribution in [0.4, 0.5) is 0 Å². The summed E-state index contributed by atoms with van der Waals surface area (Å²) in [7, 11) is 4.45. The van der Waals surface area contributed by atoms with Crippen molar-refractivity contribution in [3.63, 3.8) is 0 Å². The van der Waals surface area contributed by atoms with Gasteiger partial charge in [-0.05, 0) is 52.5 Å². The molecule has 0 aromatic carbocycles. The molecule has 2 unspecified atom stereocenters. The minimum atomic E-state index is 0.664. The number of hydrogen-bond donors (Lipinski definition) is 1. The monoisotopic (exact) mass is 199 g/mol. The van der Waals surface area contributed by atoms with Gasteiger partial charge in [-0.2, -0.15) is 0 Å². The molecule has 84 valence electrons. The van der Waals surface area contributed by atoms with Gasteiger partial charge in [0, 0.05) is 12.6 Å². The molecule has 3 heteroatoms. The average Bonchev–Trinajstić information content (AvgIpc) is 2.60. The Morgan fingerprint density at radius 2 is 2.29 bits per heavy atom. The molecule has 0 radical (unpaired) electrons. The fourth-order valence-electron chi connectivity index (χ4n) is 2.00. The van der Waals surface area contributed by atoms with Crippen LogP contribution in [0.2, 0.25) is 0 Å². The normalized spacial score (nSPS) is 25.9. The highest BCUT2D eigenvalue weighted by atomic mass is 15.2. The smallest absolute Gasteiger partial charge is 0.0232 e. The van der Waals surface area contributed by atoms with Crippen LogP contribution in [0, 0.1) is 5.92 Å². The molecule has 1 aliphatic heterocycles. The largest absolute Gasteiger partial charge is 0.330 e. The van der Waals surface area contributed by atoms with E-state index in [9.17, 15) is 0 Å². The number of rotatable bonds is 5. The van der Waals surface area contributed by atoms with E-state index in [1.807, 2.05) is 0 Å². The summed E-state index contributed by atoms with van der Waals surface area (Å²) in [6.45, 7) is 6.72. The Hall–Kier alpha value is -0.120. The lowest BCUT2D eigenvalue weighted by Crippen LogP contribution is -2.35. The lowest BCUT2D eigenvalue weighted by molar-refractivity contribution is 0.228. The third kappa shape index (κ3) is 3.56. The predicted molar refractivity (Wildman–Crippen MR) is 61.4 cm³/mol. The minimum Gasteiger partial charge on any atom is -0.330 e. The van der Waals surface area contributed by atoms with Crippen molar-refractivity contribution < 1.29 is 0 Å². The van der Waals surface area contributed by atoms with Crippen LogP contribution >= 0.6 is 0 Å². The van der Waals surface area contributed by atoms with Crippen molar-refractivity contribution in [1.29, 1.82) is 0 Å². The van der Waals surface area contributed by atoms with Crippen LogP contribution in [0.25, 0.3) is 0 Å². The van der Waals surface area contributed by atoms with Gasteiger partial charge in [0.05, 0.1) is 0 Å². The Morgan fingerprint density at radius 3 is 2.79 bits per heavy atom. The van der Waals surface area contributed by atoms with Crippen LogP contribution in [-0.4, -0.2) is 56.1 Å². The van der Waals surface area contributed by atoms with Crippen molar-refractivity contribution in [3.8, 4) is 0 Å². The molecule has 3 nitrogen and oxygen atoms in total. The van der Waals surface area contributed by atoms with Gasteiger partial charge in [-0.15, -0.1) is 0 Å². The molecule has 0 spiro atoms. The van der Waals surface area contributed by atoms with Crippen molar-refractivity contribution in [2.24, 2.45) is 11.7 Å². The Kier molecular flexibility index (Phi) is 4.85. The molecule has 14 heavy (non-hydrogen) atoms. The quantitative estimate of drug-likeness (QED) is 0.704. The van der Waals surface area contributed by atoms with E-state index in [1.165, 1.54) is 32.5 Å². The van der Waals surface area contributed by atoms with Crippen LogP contribution in [0.15, 0.2) is 0 Å². The lowest BCUT2D eigenvalue weighted by atomic mass is 10.1. The highest BCUT2D eigenvalue weighted by Crippen LogP contribution is 2.13. The van der Waals surface area contributed by atoms with Crippen LogP contribution in [0.1, 0.15) is 19.8 Å². The molecule has 2 N–H and O–H groups in total. The second-order valence-corrected chi connectivity index (χ2v) is 4.81. The van der Waals surface area contributed by atoms with Crippen molar-refractivity contribution in [1.82, 2.24) is 9.80 Å². The summed E-state index contributed by atoms with van der Waals surface area (Å²) in [6.07, 6.45) is 2.55. The van der Waals surface area contributed by atoms with Crippen LogP contribution in [0.5, 0.6) is 0 Å². The summed E-state index contributed by atoms with van der Waals surface area (Å²) < 4.78 is 0. The van der Waals surface area contributed by atoms with Gasteiger partial charge in [0.2, 0.25) is 0 Å². The zero-order chi connectivity index (χ0) is 10.6.